The SMILES string of the molecule is O=C(O)c1ccc(-c2cccc3nccn23)c(F)c1. The van der Waals surface area contributed by atoms with Crippen molar-refractivity contribution >= 4 is 11.6 Å². The second kappa shape index (κ2) is 4.20. The molecule has 0 saturated carbocycles. The summed E-state index contributed by atoms with van der Waals surface area (Å²) in [5.41, 5.74) is 1.61. The van der Waals surface area contributed by atoms with E-state index in [1.54, 1.807) is 28.9 Å². The van der Waals surface area contributed by atoms with Crippen molar-refractivity contribution in [3.05, 3.63) is 60.2 Å². The Labute approximate surface area is 107 Å². The number of hydrogen-bond acceptors (Lipinski definition) is 2. The van der Waals surface area contributed by atoms with Crippen LogP contribution in [0.4, 0.5) is 4.39 Å². The normalized spacial score (nSPS) is 10.8. The first-order valence-electron chi connectivity index (χ1n) is 5.62. The zero-order valence-corrected chi connectivity index (χ0v) is 9.75. The van der Waals surface area contributed by atoms with E-state index in [1.165, 1.54) is 12.1 Å². The van der Waals surface area contributed by atoms with Gasteiger partial charge in [0.05, 0.1) is 11.3 Å². The van der Waals surface area contributed by atoms with E-state index in [4.69, 9.17) is 5.11 Å². The van der Waals surface area contributed by atoms with E-state index in [-0.39, 0.29) is 5.56 Å². The van der Waals surface area contributed by atoms with E-state index in [9.17, 15) is 9.18 Å². The number of benzene rings is 1. The molecule has 5 heteroatoms. The monoisotopic (exact) mass is 256 g/mol. The summed E-state index contributed by atoms with van der Waals surface area (Å²) in [5.74, 6) is -1.72. The lowest BCUT2D eigenvalue weighted by Crippen LogP contribution is -1.99. The van der Waals surface area contributed by atoms with Crippen molar-refractivity contribution in [3.63, 3.8) is 0 Å². The molecule has 3 rings (SSSR count). The topological polar surface area (TPSA) is 54.6 Å². The number of rotatable bonds is 2. The van der Waals surface area contributed by atoms with Crippen LogP contribution in [0.2, 0.25) is 0 Å². The molecule has 1 aromatic carbocycles. The molecule has 0 aliphatic carbocycles. The van der Waals surface area contributed by atoms with E-state index in [2.05, 4.69) is 4.98 Å². The number of carboxylic acids is 1. The Bertz CT molecular complexity index is 780. The van der Waals surface area contributed by atoms with E-state index in [1.807, 2.05) is 6.07 Å². The van der Waals surface area contributed by atoms with Gasteiger partial charge in [-0.15, -0.1) is 0 Å². The average molecular weight is 256 g/mol. The Morgan fingerprint density at radius 3 is 2.84 bits per heavy atom. The molecule has 3 aromatic rings. The highest BCUT2D eigenvalue weighted by atomic mass is 19.1. The van der Waals surface area contributed by atoms with Crippen LogP contribution in [0.15, 0.2) is 48.8 Å². The van der Waals surface area contributed by atoms with Crippen LogP contribution in [0.3, 0.4) is 0 Å². The number of carboxylic acid groups (broad SMARTS) is 1. The minimum Gasteiger partial charge on any atom is -0.478 e. The van der Waals surface area contributed by atoms with E-state index in [0.717, 1.165) is 6.07 Å². The fourth-order valence-corrected chi connectivity index (χ4v) is 2.02. The van der Waals surface area contributed by atoms with Crippen molar-refractivity contribution in [2.45, 2.75) is 0 Å². The number of aromatic carboxylic acids is 1. The van der Waals surface area contributed by atoms with E-state index < -0.39 is 11.8 Å². The lowest BCUT2D eigenvalue weighted by molar-refractivity contribution is 0.0696. The zero-order chi connectivity index (χ0) is 13.4. The van der Waals surface area contributed by atoms with Crippen LogP contribution in [0, 0.1) is 5.82 Å². The Balaban J connectivity index is 2.22. The zero-order valence-electron chi connectivity index (χ0n) is 9.75. The van der Waals surface area contributed by atoms with Gasteiger partial charge in [-0.3, -0.25) is 4.40 Å². The van der Waals surface area contributed by atoms with Crippen molar-refractivity contribution in [3.8, 4) is 11.3 Å². The van der Waals surface area contributed by atoms with Gasteiger partial charge in [-0.2, -0.15) is 0 Å². The van der Waals surface area contributed by atoms with Crippen LogP contribution in [-0.2, 0) is 0 Å². The molecule has 0 unspecified atom stereocenters. The molecule has 94 valence electrons. The van der Waals surface area contributed by atoms with Crippen LogP contribution in [0.5, 0.6) is 0 Å². The van der Waals surface area contributed by atoms with E-state index >= 15 is 0 Å². The standard InChI is InChI=1S/C14H9FN2O2/c15-11-8-9(14(18)19)4-5-10(11)12-2-1-3-13-16-6-7-17(12)13/h1-8H,(H,18,19). The molecule has 1 N–H and O–H groups in total. The smallest absolute Gasteiger partial charge is 0.335 e. The van der Waals surface area contributed by atoms with Gasteiger partial charge in [0, 0.05) is 18.0 Å². The molecule has 2 aromatic heterocycles. The van der Waals surface area contributed by atoms with Gasteiger partial charge in [0.15, 0.2) is 0 Å². The third kappa shape index (κ3) is 1.85. The van der Waals surface area contributed by atoms with Gasteiger partial charge in [0.1, 0.15) is 11.5 Å². The quantitative estimate of drug-likeness (QED) is 0.767. The lowest BCUT2D eigenvalue weighted by atomic mass is 10.1. The highest BCUT2D eigenvalue weighted by Crippen LogP contribution is 2.24. The molecular formula is C14H9FN2O2. The maximum Gasteiger partial charge on any atom is 0.335 e. The van der Waals surface area contributed by atoms with Gasteiger partial charge in [-0.05, 0) is 30.3 Å². The number of halogens is 1. The maximum absolute atomic E-state index is 14.0. The highest BCUT2D eigenvalue weighted by Gasteiger charge is 2.12. The Kier molecular flexibility index (Phi) is 2.52. The first-order valence-corrected chi connectivity index (χ1v) is 5.62. The summed E-state index contributed by atoms with van der Waals surface area (Å²) in [4.78, 5) is 14.9. The molecule has 0 bridgehead atoms. The second-order valence-corrected chi connectivity index (χ2v) is 4.07. The van der Waals surface area contributed by atoms with Crippen LogP contribution >= 0.6 is 0 Å². The van der Waals surface area contributed by atoms with Crippen molar-refractivity contribution in [2.24, 2.45) is 0 Å². The largest absolute Gasteiger partial charge is 0.478 e. The molecular weight excluding hydrogens is 247 g/mol. The molecule has 0 atom stereocenters. The third-order valence-corrected chi connectivity index (χ3v) is 2.92. The summed E-state index contributed by atoms with van der Waals surface area (Å²) >= 11 is 0. The first-order chi connectivity index (χ1) is 9.16. The number of hydrogen-bond donors (Lipinski definition) is 1. The van der Waals surface area contributed by atoms with Gasteiger partial charge in [-0.1, -0.05) is 6.07 Å². The minimum atomic E-state index is -1.15. The van der Waals surface area contributed by atoms with Crippen LogP contribution in [-0.4, -0.2) is 20.5 Å². The summed E-state index contributed by atoms with van der Waals surface area (Å²) in [7, 11) is 0. The van der Waals surface area contributed by atoms with Gasteiger partial charge in [-0.25, -0.2) is 14.2 Å². The number of carbonyl (C=O) groups is 1. The third-order valence-electron chi connectivity index (χ3n) is 2.92. The van der Waals surface area contributed by atoms with Crippen molar-refractivity contribution < 1.29 is 14.3 Å². The lowest BCUT2D eigenvalue weighted by Gasteiger charge is -2.07. The molecule has 0 saturated heterocycles. The number of fused-ring (bicyclic) bond motifs is 1. The molecule has 0 spiro atoms. The molecule has 4 nitrogen and oxygen atoms in total. The fourth-order valence-electron chi connectivity index (χ4n) is 2.02. The summed E-state index contributed by atoms with van der Waals surface area (Å²) < 4.78 is 15.8. The molecule has 2 heterocycles. The Morgan fingerprint density at radius 1 is 1.26 bits per heavy atom. The molecule has 0 radical (unpaired) electrons. The van der Waals surface area contributed by atoms with Crippen molar-refractivity contribution in [1.82, 2.24) is 9.38 Å². The summed E-state index contributed by atoms with van der Waals surface area (Å²) in [5, 5.41) is 8.83. The predicted octanol–water partition coefficient (Wildman–Crippen LogP) is 2.84. The Hall–Kier alpha value is -2.69. The second-order valence-electron chi connectivity index (χ2n) is 4.07. The summed E-state index contributed by atoms with van der Waals surface area (Å²) in [6.45, 7) is 0. The molecule has 19 heavy (non-hydrogen) atoms. The van der Waals surface area contributed by atoms with Crippen molar-refractivity contribution in [1.29, 1.82) is 0 Å². The van der Waals surface area contributed by atoms with Gasteiger partial charge in [0.25, 0.3) is 0 Å². The van der Waals surface area contributed by atoms with Crippen LogP contribution in [0.25, 0.3) is 16.9 Å². The minimum absolute atomic E-state index is 0.0703. The molecule has 0 aliphatic heterocycles. The number of aromatic nitrogens is 2. The van der Waals surface area contributed by atoms with Crippen LogP contribution < -0.4 is 0 Å². The molecule has 0 amide bonds. The fraction of sp³-hybridized carbons (Fsp3) is 0. The summed E-state index contributed by atoms with van der Waals surface area (Å²) in [6.07, 6.45) is 3.36. The Morgan fingerprint density at radius 2 is 2.11 bits per heavy atom. The van der Waals surface area contributed by atoms with E-state index in [0.29, 0.717) is 16.9 Å². The van der Waals surface area contributed by atoms with Gasteiger partial charge in [0.2, 0.25) is 0 Å². The number of pyridine rings is 1. The van der Waals surface area contributed by atoms with Crippen LogP contribution in [0.1, 0.15) is 10.4 Å². The maximum atomic E-state index is 14.0. The van der Waals surface area contributed by atoms with Gasteiger partial charge >= 0.3 is 5.97 Å². The summed E-state index contributed by atoms with van der Waals surface area (Å²) in [6, 6.07) is 9.22. The molecule has 0 fully saturated rings. The van der Waals surface area contributed by atoms with Gasteiger partial charge < -0.3 is 5.11 Å². The predicted molar refractivity (Wildman–Crippen MR) is 67.5 cm³/mol. The van der Waals surface area contributed by atoms with Crippen molar-refractivity contribution in [2.75, 3.05) is 0 Å². The first kappa shape index (κ1) is 11.4. The molecule has 0 aliphatic rings. The average Bonchev–Trinajstić information content (AvgIpc) is 2.86. The highest BCUT2D eigenvalue weighted by molar-refractivity contribution is 5.88. The number of imidazole rings is 1. The number of nitrogens with zero attached hydrogens (tertiary/aromatic N) is 2.